The van der Waals surface area contributed by atoms with Gasteiger partial charge >= 0.3 is 11.5 Å². The second kappa shape index (κ2) is 8.07. The predicted octanol–water partition coefficient (Wildman–Crippen LogP) is 6.15. The Morgan fingerprint density at radius 1 is 1.12 bits per heavy atom. The highest BCUT2D eigenvalue weighted by atomic mass is 35.5. The molecule has 0 radical (unpaired) electrons. The van der Waals surface area contributed by atoms with E-state index in [0.717, 1.165) is 0 Å². The summed E-state index contributed by atoms with van der Waals surface area (Å²) in [7, 11) is 1.46. The lowest BCUT2D eigenvalue weighted by Crippen LogP contribution is -2.24. The molecule has 0 aromatic heterocycles. The molecular formula is C15H11Cl2F3N2O2S. The van der Waals surface area contributed by atoms with Gasteiger partial charge in [0.25, 0.3) is 0 Å². The molecule has 0 atom stereocenters. The van der Waals surface area contributed by atoms with Crippen LogP contribution in [-0.2, 0) is 0 Å². The van der Waals surface area contributed by atoms with Crippen molar-refractivity contribution in [2.24, 2.45) is 0 Å². The minimum atomic E-state index is -4.36. The Hall–Kier alpha value is -1.77. The van der Waals surface area contributed by atoms with Crippen LogP contribution in [0, 0.1) is 0 Å². The van der Waals surface area contributed by atoms with E-state index in [4.69, 9.17) is 27.9 Å². The minimum Gasteiger partial charge on any atom is -0.454 e. The molecule has 2 N–H and O–H groups in total. The van der Waals surface area contributed by atoms with E-state index >= 15 is 0 Å². The van der Waals surface area contributed by atoms with Crippen LogP contribution in [-0.4, -0.2) is 18.6 Å². The largest absolute Gasteiger partial charge is 0.454 e. The molecule has 0 aliphatic carbocycles. The summed E-state index contributed by atoms with van der Waals surface area (Å²) in [5.41, 5.74) is -4.00. The van der Waals surface area contributed by atoms with E-state index in [9.17, 15) is 18.0 Å². The highest BCUT2D eigenvalue weighted by Crippen LogP contribution is 2.40. The zero-order chi connectivity index (χ0) is 18.6. The number of carbonyl (C=O) groups is 1. The fourth-order valence-electron chi connectivity index (χ4n) is 1.75. The molecule has 0 spiro atoms. The smallest absolute Gasteiger partial charge is 0.446 e. The number of anilines is 1. The Bertz CT molecular complexity index is 747. The highest BCUT2D eigenvalue weighted by molar-refractivity contribution is 8.00. The molecule has 134 valence electrons. The van der Waals surface area contributed by atoms with Crippen LogP contribution in [0.2, 0.25) is 10.0 Å². The number of halogens is 5. The molecule has 0 fully saturated rings. The van der Waals surface area contributed by atoms with Gasteiger partial charge in [0.05, 0.1) is 10.0 Å². The first-order valence-corrected chi connectivity index (χ1v) is 8.26. The molecule has 25 heavy (non-hydrogen) atoms. The van der Waals surface area contributed by atoms with E-state index in [2.05, 4.69) is 10.6 Å². The van der Waals surface area contributed by atoms with E-state index in [-0.39, 0.29) is 38.2 Å². The third-order valence-corrected chi connectivity index (χ3v) is 4.06. The van der Waals surface area contributed by atoms with Crippen molar-refractivity contribution in [3.8, 4) is 11.5 Å². The Labute approximate surface area is 155 Å². The highest BCUT2D eigenvalue weighted by Gasteiger charge is 2.29. The van der Waals surface area contributed by atoms with Crippen molar-refractivity contribution in [2.75, 3.05) is 12.4 Å². The summed E-state index contributed by atoms with van der Waals surface area (Å²) >= 11 is 12.0. The quantitative estimate of drug-likeness (QED) is 0.594. The van der Waals surface area contributed by atoms with Crippen molar-refractivity contribution >= 4 is 46.7 Å². The number of nitrogens with one attached hydrogen (secondary N) is 2. The molecular weight excluding hydrogens is 400 g/mol. The summed E-state index contributed by atoms with van der Waals surface area (Å²) in [6.45, 7) is 0. The fraction of sp³-hybridized carbons (Fsp3) is 0.133. The molecule has 0 heterocycles. The van der Waals surface area contributed by atoms with Crippen molar-refractivity contribution in [3.63, 3.8) is 0 Å². The van der Waals surface area contributed by atoms with Gasteiger partial charge in [-0.2, -0.15) is 13.2 Å². The predicted molar refractivity (Wildman–Crippen MR) is 93.0 cm³/mol. The molecule has 0 unspecified atom stereocenters. The normalized spacial score (nSPS) is 11.1. The van der Waals surface area contributed by atoms with Gasteiger partial charge in [0.2, 0.25) is 0 Å². The monoisotopic (exact) mass is 410 g/mol. The average Bonchev–Trinajstić information content (AvgIpc) is 2.51. The van der Waals surface area contributed by atoms with Crippen LogP contribution in [0.3, 0.4) is 0 Å². The number of ether oxygens (including phenoxy) is 1. The maximum Gasteiger partial charge on any atom is 0.446 e. The lowest BCUT2D eigenvalue weighted by molar-refractivity contribution is -0.0328. The third-order valence-electron chi connectivity index (χ3n) is 2.76. The molecule has 0 saturated carbocycles. The fourth-order valence-corrected chi connectivity index (χ4v) is 2.85. The summed E-state index contributed by atoms with van der Waals surface area (Å²) in [5.74, 6) is 0.393. The van der Waals surface area contributed by atoms with Crippen LogP contribution in [0.1, 0.15) is 0 Å². The summed E-state index contributed by atoms with van der Waals surface area (Å²) < 4.78 is 42.5. The minimum absolute atomic E-state index is 0.0298. The first-order chi connectivity index (χ1) is 11.7. The van der Waals surface area contributed by atoms with Gasteiger partial charge in [0.15, 0.2) is 5.75 Å². The number of carbonyl (C=O) groups excluding carboxylic acids is 1. The van der Waals surface area contributed by atoms with Gasteiger partial charge in [0.1, 0.15) is 5.75 Å². The SMILES string of the molecule is CNC(=O)Nc1cc(Cl)c(Oc2ccc(SC(F)(F)F)cc2)c(Cl)c1. The van der Waals surface area contributed by atoms with Gasteiger partial charge < -0.3 is 15.4 Å². The number of rotatable bonds is 4. The summed E-state index contributed by atoms with van der Waals surface area (Å²) in [6.07, 6.45) is 0. The van der Waals surface area contributed by atoms with Gasteiger partial charge in [0, 0.05) is 17.6 Å². The van der Waals surface area contributed by atoms with E-state index in [1.807, 2.05) is 0 Å². The van der Waals surface area contributed by atoms with Gasteiger partial charge in [-0.1, -0.05) is 23.2 Å². The summed E-state index contributed by atoms with van der Waals surface area (Å²) in [5, 5.41) is 5.15. The molecule has 2 amide bonds. The molecule has 4 nitrogen and oxygen atoms in total. The van der Waals surface area contributed by atoms with Crippen LogP contribution in [0.25, 0.3) is 0 Å². The van der Waals surface area contributed by atoms with Crippen molar-refractivity contribution in [1.82, 2.24) is 5.32 Å². The van der Waals surface area contributed by atoms with Crippen molar-refractivity contribution < 1.29 is 22.7 Å². The number of hydrogen-bond acceptors (Lipinski definition) is 3. The second-order valence-electron chi connectivity index (χ2n) is 4.59. The molecule has 2 rings (SSSR count). The number of benzene rings is 2. The van der Waals surface area contributed by atoms with Crippen LogP contribution in [0.4, 0.5) is 23.7 Å². The van der Waals surface area contributed by atoms with E-state index in [1.165, 1.54) is 43.4 Å². The number of alkyl halides is 3. The van der Waals surface area contributed by atoms with Crippen LogP contribution in [0.5, 0.6) is 11.5 Å². The van der Waals surface area contributed by atoms with E-state index in [0.29, 0.717) is 5.69 Å². The Kier molecular flexibility index (Phi) is 6.31. The first-order valence-electron chi connectivity index (χ1n) is 6.69. The van der Waals surface area contributed by atoms with Crippen LogP contribution < -0.4 is 15.4 Å². The molecule has 0 saturated heterocycles. The Balaban J connectivity index is 2.16. The molecule has 0 bridgehead atoms. The van der Waals surface area contributed by atoms with E-state index < -0.39 is 11.5 Å². The molecule has 2 aromatic rings. The summed E-state index contributed by atoms with van der Waals surface area (Å²) in [6, 6.07) is 7.72. The lowest BCUT2D eigenvalue weighted by atomic mass is 10.3. The maximum atomic E-state index is 12.3. The third kappa shape index (κ3) is 5.91. The standard InChI is InChI=1S/C15H11Cl2F3N2O2S/c1-21-14(23)22-8-6-11(16)13(12(17)7-8)24-9-2-4-10(5-3-9)25-15(18,19)20/h2-7H,1H3,(H2,21,22,23). The lowest BCUT2D eigenvalue weighted by Gasteiger charge is -2.13. The van der Waals surface area contributed by atoms with Crippen molar-refractivity contribution in [3.05, 3.63) is 46.4 Å². The maximum absolute atomic E-state index is 12.3. The Morgan fingerprint density at radius 2 is 1.68 bits per heavy atom. The molecule has 0 aliphatic heterocycles. The first kappa shape index (κ1) is 19.6. The van der Waals surface area contributed by atoms with E-state index in [1.54, 1.807) is 0 Å². The zero-order valence-corrected chi connectivity index (χ0v) is 14.9. The molecule has 10 heteroatoms. The van der Waals surface area contributed by atoms with Gasteiger partial charge in [-0.05, 0) is 48.2 Å². The summed E-state index contributed by atoms with van der Waals surface area (Å²) in [4.78, 5) is 11.3. The van der Waals surface area contributed by atoms with Crippen LogP contribution >= 0.6 is 35.0 Å². The topological polar surface area (TPSA) is 50.4 Å². The van der Waals surface area contributed by atoms with Gasteiger partial charge in [-0.25, -0.2) is 4.79 Å². The van der Waals surface area contributed by atoms with Crippen LogP contribution in [0.15, 0.2) is 41.3 Å². The van der Waals surface area contributed by atoms with Gasteiger partial charge in [-0.15, -0.1) is 0 Å². The Morgan fingerprint density at radius 3 is 2.16 bits per heavy atom. The average molecular weight is 411 g/mol. The number of amides is 2. The van der Waals surface area contributed by atoms with Gasteiger partial charge in [-0.3, -0.25) is 0 Å². The molecule has 0 aliphatic rings. The number of thioether (sulfide) groups is 1. The number of urea groups is 1. The number of hydrogen-bond donors (Lipinski definition) is 2. The second-order valence-corrected chi connectivity index (χ2v) is 6.55. The zero-order valence-electron chi connectivity index (χ0n) is 12.6. The van der Waals surface area contributed by atoms with Crippen molar-refractivity contribution in [2.45, 2.75) is 10.4 Å². The molecule has 2 aromatic carbocycles. The van der Waals surface area contributed by atoms with Crippen molar-refractivity contribution in [1.29, 1.82) is 0 Å².